The summed E-state index contributed by atoms with van der Waals surface area (Å²) in [6, 6.07) is 6.29. The first-order valence-corrected chi connectivity index (χ1v) is 4.98. The molecule has 0 radical (unpaired) electrons. The van der Waals surface area contributed by atoms with Crippen molar-refractivity contribution in [2.24, 2.45) is 0 Å². The van der Waals surface area contributed by atoms with Crippen LogP contribution in [0.15, 0.2) is 18.2 Å². The molecular formula is C11H13Cl. The van der Waals surface area contributed by atoms with Gasteiger partial charge in [0.15, 0.2) is 0 Å². The molecular weight excluding hydrogens is 168 g/mol. The Morgan fingerprint density at radius 1 is 1.50 bits per heavy atom. The van der Waals surface area contributed by atoms with E-state index in [1.165, 1.54) is 30.4 Å². The summed E-state index contributed by atoms with van der Waals surface area (Å²) in [5.74, 6) is 0.763. The molecule has 0 amide bonds. The third-order valence-electron chi connectivity index (χ3n) is 2.83. The summed E-state index contributed by atoms with van der Waals surface area (Å²) in [6.45, 7) is 2.25. The van der Waals surface area contributed by atoms with Gasteiger partial charge in [0.2, 0.25) is 0 Å². The van der Waals surface area contributed by atoms with Crippen molar-refractivity contribution in [1.29, 1.82) is 0 Å². The summed E-state index contributed by atoms with van der Waals surface area (Å²) in [4.78, 5) is 0. The van der Waals surface area contributed by atoms with E-state index in [0.29, 0.717) is 0 Å². The van der Waals surface area contributed by atoms with E-state index in [4.69, 9.17) is 11.6 Å². The van der Waals surface area contributed by atoms with E-state index in [1.54, 1.807) is 0 Å². The minimum Gasteiger partial charge on any atom is -0.0840 e. The predicted molar refractivity (Wildman–Crippen MR) is 52.8 cm³/mol. The summed E-state index contributed by atoms with van der Waals surface area (Å²) in [5, 5.41) is 0.962. The van der Waals surface area contributed by atoms with Crippen LogP contribution >= 0.6 is 11.6 Å². The Balaban J connectivity index is 2.46. The molecule has 0 saturated carbocycles. The van der Waals surface area contributed by atoms with E-state index in [-0.39, 0.29) is 0 Å². The number of hydrogen-bond donors (Lipinski definition) is 0. The zero-order valence-electron chi connectivity index (χ0n) is 7.31. The van der Waals surface area contributed by atoms with Gasteiger partial charge in [-0.05, 0) is 42.4 Å². The lowest BCUT2D eigenvalue weighted by Crippen LogP contribution is -1.89. The molecule has 1 aliphatic carbocycles. The lowest BCUT2D eigenvalue weighted by molar-refractivity contribution is 0.656. The Hall–Kier alpha value is -0.490. The van der Waals surface area contributed by atoms with Gasteiger partial charge in [-0.3, -0.25) is 0 Å². The number of benzene rings is 1. The van der Waals surface area contributed by atoms with Crippen molar-refractivity contribution in [2.75, 3.05) is 0 Å². The molecule has 12 heavy (non-hydrogen) atoms. The van der Waals surface area contributed by atoms with Gasteiger partial charge in [0.05, 0.1) is 0 Å². The molecule has 1 unspecified atom stereocenters. The van der Waals surface area contributed by atoms with Gasteiger partial charge in [-0.2, -0.15) is 0 Å². The summed E-state index contributed by atoms with van der Waals surface area (Å²) < 4.78 is 0. The van der Waals surface area contributed by atoms with E-state index in [0.717, 1.165) is 10.9 Å². The quantitative estimate of drug-likeness (QED) is 0.617. The standard InChI is InChI=1S/C11H13Cl/c1-2-8-6-7-10-9(8)4-3-5-11(10)12/h3-5,8H,2,6-7H2,1H3. The highest BCUT2D eigenvalue weighted by Gasteiger charge is 2.21. The lowest BCUT2D eigenvalue weighted by Gasteiger charge is -2.07. The highest BCUT2D eigenvalue weighted by atomic mass is 35.5. The molecule has 1 aliphatic rings. The van der Waals surface area contributed by atoms with Crippen LogP contribution in [-0.4, -0.2) is 0 Å². The lowest BCUT2D eigenvalue weighted by atomic mass is 9.99. The van der Waals surface area contributed by atoms with E-state index < -0.39 is 0 Å². The molecule has 0 aromatic heterocycles. The van der Waals surface area contributed by atoms with Crippen molar-refractivity contribution in [3.05, 3.63) is 34.3 Å². The van der Waals surface area contributed by atoms with Crippen LogP contribution in [0.3, 0.4) is 0 Å². The average Bonchev–Trinajstić information content (AvgIpc) is 2.49. The van der Waals surface area contributed by atoms with Crippen molar-refractivity contribution >= 4 is 11.6 Å². The van der Waals surface area contributed by atoms with Gasteiger partial charge in [0.25, 0.3) is 0 Å². The summed E-state index contributed by atoms with van der Waals surface area (Å²) >= 11 is 6.09. The molecule has 0 spiro atoms. The van der Waals surface area contributed by atoms with Crippen LogP contribution < -0.4 is 0 Å². The zero-order chi connectivity index (χ0) is 8.55. The maximum absolute atomic E-state index is 6.09. The second kappa shape index (κ2) is 3.10. The van der Waals surface area contributed by atoms with E-state index in [9.17, 15) is 0 Å². The zero-order valence-corrected chi connectivity index (χ0v) is 8.06. The molecule has 0 nitrogen and oxygen atoms in total. The maximum Gasteiger partial charge on any atom is 0.0440 e. The van der Waals surface area contributed by atoms with Gasteiger partial charge < -0.3 is 0 Å². The van der Waals surface area contributed by atoms with Gasteiger partial charge >= 0.3 is 0 Å². The largest absolute Gasteiger partial charge is 0.0840 e. The molecule has 0 heterocycles. The van der Waals surface area contributed by atoms with Crippen LogP contribution in [0.4, 0.5) is 0 Å². The smallest absolute Gasteiger partial charge is 0.0440 e. The Bertz CT molecular complexity index is 291. The van der Waals surface area contributed by atoms with Crippen LogP contribution in [0, 0.1) is 0 Å². The van der Waals surface area contributed by atoms with E-state index >= 15 is 0 Å². The second-order valence-corrected chi connectivity index (χ2v) is 3.86. The van der Waals surface area contributed by atoms with Gasteiger partial charge in [-0.25, -0.2) is 0 Å². The third-order valence-corrected chi connectivity index (χ3v) is 3.18. The first-order valence-electron chi connectivity index (χ1n) is 4.60. The SMILES string of the molecule is CCC1CCc2c(Cl)cccc21. The van der Waals surface area contributed by atoms with Crippen LogP contribution in [0.5, 0.6) is 0 Å². The number of halogens is 1. The molecule has 1 aromatic rings. The van der Waals surface area contributed by atoms with Gasteiger partial charge in [0, 0.05) is 5.02 Å². The maximum atomic E-state index is 6.09. The molecule has 0 fully saturated rings. The first-order chi connectivity index (χ1) is 5.83. The molecule has 1 atom stereocenters. The highest BCUT2D eigenvalue weighted by molar-refractivity contribution is 6.31. The number of fused-ring (bicyclic) bond motifs is 1. The highest BCUT2D eigenvalue weighted by Crippen LogP contribution is 2.38. The van der Waals surface area contributed by atoms with Crippen molar-refractivity contribution in [2.45, 2.75) is 32.1 Å². The minimum atomic E-state index is 0.763. The molecule has 1 aromatic carbocycles. The molecule has 64 valence electrons. The first kappa shape index (κ1) is 8.12. The van der Waals surface area contributed by atoms with Crippen molar-refractivity contribution in [1.82, 2.24) is 0 Å². The number of rotatable bonds is 1. The van der Waals surface area contributed by atoms with Crippen molar-refractivity contribution in [3.63, 3.8) is 0 Å². The summed E-state index contributed by atoms with van der Waals surface area (Å²) in [5.41, 5.74) is 2.89. The molecule has 2 rings (SSSR count). The molecule has 0 aliphatic heterocycles. The Labute approximate surface area is 78.6 Å². The van der Waals surface area contributed by atoms with E-state index in [1.807, 2.05) is 6.07 Å². The fraction of sp³-hybridized carbons (Fsp3) is 0.455. The molecule has 0 saturated heterocycles. The van der Waals surface area contributed by atoms with Crippen LogP contribution in [0.2, 0.25) is 5.02 Å². The van der Waals surface area contributed by atoms with Crippen LogP contribution in [0.1, 0.15) is 36.8 Å². The van der Waals surface area contributed by atoms with Crippen LogP contribution in [0.25, 0.3) is 0 Å². The third kappa shape index (κ3) is 1.15. The number of hydrogen-bond acceptors (Lipinski definition) is 0. The molecule has 0 N–H and O–H groups in total. The second-order valence-electron chi connectivity index (χ2n) is 3.45. The monoisotopic (exact) mass is 180 g/mol. The Morgan fingerprint density at radius 2 is 2.33 bits per heavy atom. The van der Waals surface area contributed by atoms with Gasteiger partial charge in [-0.15, -0.1) is 0 Å². The fourth-order valence-corrected chi connectivity index (χ4v) is 2.40. The van der Waals surface area contributed by atoms with Crippen molar-refractivity contribution < 1.29 is 0 Å². The van der Waals surface area contributed by atoms with Crippen molar-refractivity contribution in [3.8, 4) is 0 Å². The van der Waals surface area contributed by atoms with Gasteiger partial charge in [0.1, 0.15) is 0 Å². The van der Waals surface area contributed by atoms with Gasteiger partial charge in [-0.1, -0.05) is 30.7 Å². The fourth-order valence-electron chi connectivity index (χ4n) is 2.12. The average molecular weight is 181 g/mol. The molecule has 1 heteroatoms. The summed E-state index contributed by atoms with van der Waals surface area (Å²) in [6.07, 6.45) is 3.70. The Kier molecular flexibility index (Phi) is 2.10. The Morgan fingerprint density at radius 3 is 3.08 bits per heavy atom. The predicted octanol–water partition coefficient (Wildman–Crippen LogP) is 3.78. The van der Waals surface area contributed by atoms with Crippen LogP contribution in [-0.2, 0) is 6.42 Å². The van der Waals surface area contributed by atoms with E-state index in [2.05, 4.69) is 19.1 Å². The normalized spacial score (nSPS) is 21.0. The molecule has 0 bridgehead atoms. The minimum absolute atomic E-state index is 0.763. The topological polar surface area (TPSA) is 0 Å². The summed E-state index contributed by atoms with van der Waals surface area (Å²) in [7, 11) is 0.